The highest BCUT2D eigenvalue weighted by Gasteiger charge is 2.30. The number of hydrogen-bond donors (Lipinski definition) is 0. The number of imidazole rings is 1. The summed E-state index contributed by atoms with van der Waals surface area (Å²) in [5.41, 5.74) is 0. The monoisotopic (exact) mass is 422 g/mol. The van der Waals surface area contributed by atoms with Crippen LogP contribution in [0.2, 0.25) is 0 Å². The molecule has 0 aliphatic carbocycles. The number of benzene rings is 1. The highest BCUT2D eigenvalue weighted by atomic mass is 32.2. The Hall–Kier alpha value is -2.59. The van der Waals surface area contributed by atoms with Gasteiger partial charge in [0.1, 0.15) is 17.3 Å². The van der Waals surface area contributed by atoms with Crippen LogP contribution >= 0.6 is 0 Å². The number of aryl methyl sites for hydroxylation is 2. The molecule has 0 unspecified atom stereocenters. The molecule has 3 rings (SSSR count). The van der Waals surface area contributed by atoms with Crippen molar-refractivity contribution in [3.8, 4) is 11.5 Å². The molecule has 1 aromatic heterocycles. The molecule has 2 heterocycles. The number of sulfonamides is 1. The van der Waals surface area contributed by atoms with Crippen molar-refractivity contribution in [3.63, 3.8) is 0 Å². The molecule has 158 valence electrons. The van der Waals surface area contributed by atoms with Gasteiger partial charge in [0.2, 0.25) is 0 Å². The van der Waals surface area contributed by atoms with Gasteiger partial charge in [0.05, 0.1) is 7.11 Å². The summed E-state index contributed by atoms with van der Waals surface area (Å²) in [5.74, 6) is 1.64. The van der Waals surface area contributed by atoms with Crippen LogP contribution in [0, 0.1) is 6.92 Å². The van der Waals surface area contributed by atoms with E-state index in [-0.39, 0.29) is 24.1 Å². The number of carbonyl (C=O) groups excluding carboxylic acids is 1. The second kappa shape index (κ2) is 8.83. The lowest BCUT2D eigenvalue weighted by Crippen LogP contribution is -2.39. The van der Waals surface area contributed by atoms with Gasteiger partial charge in [-0.1, -0.05) is 6.07 Å². The molecule has 0 N–H and O–H groups in total. The number of aromatic nitrogens is 2. The number of methoxy groups -OCH3 is 1. The van der Waals surface area contributed by atoms with Crippen LogP contribution in [0.1, 0.15) is 12.2 Å². The van der Waals surface area contributed by atoms with Crippen molar-refractivity contribution < 1.29 is 22.7 Å². The second-order valence-electron chi connectivity index (χ2n) is 6.84. The Kier molecular flexibility index (Phi) is 6.43. The number of ether oxygens (including phenoxy) is 2. The summed E-state index contributed by atoms with van der Waals surface area (Å²) in [7, 11) is -0.361. The van der Waals surface area contributed by atoms with Crippen LogP contribution < -0.4 is 9.47 Å². The molecule has 10 heteroatoms. The standard InChI is InChI=1S/C19H26N4O5S/c1-15-20-18(13-21(15)2)29(25,26)23-9-5-8-22(10-11-23)19(24)14-28-17-7-4-6-16(12-17)27-3/h4,6-7,12-13H,5,8-11,14H2,1-3H3. The first-order chi connectivity index (χ1) is 13.8. The lowest BCUT2D eigenvalue weighted by atomic mass is 10.3. The van der Waals surface area contributed by atoms with E-state index in [4.69, 9.17) is 9.47 Å². The molecule has 1 aromatic carbocycles. The minimum Gasteiger partial charge on any atom is -0.497 e. The van der Waals surface area contributed by atoms with E-state index >= 15 is 0 Å². The number of nitrogens with zero attached hydrogens (tertiary/aromatic N) is 4. The van der Waals surface area contributed by atoms with Crippen molar-refractivity contribution in [2.24, 2.45) is 7.05 Å². The maximum Gasteiger partial charge on any atom is 0.262 e. The molecule has 1 aliphatic rings. The van der Waals surface area contributed by atoms with E-state index in [1.165, 1.54) is 10.5 Å². The summed E-state index contributed by atoms with van der Waals surface area (Å²) in [5, 5.41) is 0.0404. The largest absolute Gasteiger partial charge is 0.497 e. The van der Waals surface area contributed by atoms with Crippen molar-refractivity contribution in [2.75, 3.05) is 39.9 Å². The third-order valence-electron chi connectivity index (χ3n) is 4.90. The Labute approximate surface area is 170 Å². The Morgan fingerprint density at radius 2 is 1.93 bits per heavy atom. The molecular weight excluding hydrogens is 396 g/mol. The molecule has 1 aliphatic heterocycles. The van der Waals surface area contributed by atoms with Crippen molar-refractivity contribution in [2.45, 2.75) is 18.4 Å². The second-order valence-corrected chi connectivity index (χ2v) is 8.73. The summed E-state index contributed by atoms with van der Waals surface area (Å²) >= 11 is 0. The van der Waals surface area contributed by atoms with Crippen molar-refractivity contribution in [1.29, 1.82) is 0 Å². The molecule has 0 radical (unpaired) electrons. The van der Waals surface area contributed by atoms with Crippen LogP contribution in [0.4, 0.5) is 0 Å². The summed E-state index contributed by atoms with van der Waals surface area (Å²) < 4.78 is 39.5. The summed E-state index contributed by atoms with van der Waals surface area (Å²) in [4.78, 5) is 18.3. The molecule has 29 heavy (non-hydrogen) atoms. The van der Waals surface area contributed by atoms with E-state index in [0.29, 0.717) is 43.4 Å². The van der Waals surface area contributed by atoms with E-state index in [1.54, 1.807) is 54.8 Å². The molecule has 1 fully saturated rings. The van der Waals surface area contributed by atoms with E-state index in [2.05, 4.69) is 4.98 Å². The topological polar surface area (TPSA) is 94.0 Å². The number of rotatable bonds is 6. The normalized spacial score (nSPS) is 15.8. The van der Waals surface area contributed by atoms with Crippen LogP contribution in [0.15, 0.2) is 35.5 Å². The van der Waals surface area contributed by atoms with Gasteiger partial charge in [0, 0.05) is 45.5 Å². The predicted octanol–water partition coefficient (Wildman–Crippen LogP) is 1.04. The van der Waals surface area contributed by atoms with Crippen molar-refractivity contribution in [1.82, 2.24) is 18.8 Å². The van der Waals surface area contributed by atoms with E-state index in [1.807, 2.05) is 0 Å². The fourth-order valence-electron chi connectivity index (χ4n) is 3.09. The molecule has 0 saturated carbocycles. The first kappa shape index (κ1) is 21.1. The maximum atomic E-state index is 12.9. The lowest BCUT2D eigenvalue weighted by molar-refractivity contribution is -0.133. The van der Waals surface area contributed by atoms with Gasteiger partial charge < -0.3 is 18.9 Å². The number of hydrogen-bond acceptors (Lipinski definition) is 6. The first-order valence-electron chi connectivity index (χ1n) is 9.36. The van der Waals surface area contributed by atoms with Gasteiger partial charge in [-0.3, -0.25) is 4.79 Å². The maximum absolute atomic E-state index is 12.9. The fraction of sp³-hybridized carbons (Fsp3) is 0.474. The Morgan fingerprint density at radius 3 is 2.62 bits per heavy atom. The van der Waals surface area contributed by atoms with Crippen LogP contribution in [0.3, 0.4) is 0 Å². The van der Waals surface area contributed by atoms with Gasteiger partial charge in [-0.25, -0.2) is 13.4 Å². The summed E-state index contributed by atoms with van der Waals surface area (Å²) in [6.45, 7) is 3.00. The lowest BCUT2D eigenvalue weighted by Gasteiger charge is -2.21. The Bertz CT molecular complexity index is 953. The van der Waals surface area contributed by atoms with Crippen LogP contribution in [-0.2, 0) is 21.9 Å². The molecule has 2 aromatic rings. The zero-order valence-corrected chi connectivity index (χ0v) is 17.7. The predicted molar refractivity (Wildman–Crippen MR) is 106 cm³/mol. The minimum absolute atomic E-state index is 0.0404. The summed E-state index contributed by atoms with van der Waals surface area (Å²) in [6.07, 6.45) is 2.07. The van der Waals surface area contributed by atoms with E-state index in [9.17, 15) is 13.2 Å². The van der Waals surface area contributed by atoms with E-state index in [0.717, 1.165) is 0 Å². The van der Waals surface area contributed by atoms with Gasteiger partial charge in [-0.2, -0.15) is 4.31 Å². The Morgan fingerprint density at radius 1 is 1.17 bits per heavy atom. The SMILES string of the molecule is COc1cccc(OCC(=O)N2CCCN(S(=O)(=O)c3cn(C)c(C)n3)CC2)c1. The quantitative estimate of drug-likeness (QED) is 0.691. The molecular formula is C19H26N4O5S. The highest BCUT2D eigenvalue weighted by Crippen LogP contribution is 2.20. The van der Waals surface area contributed by atoms with Gasteiger partial charge in [-0.15, -0.1) is 0 Å². The third-order valence-corrected chi connectivity index (χ3v) is 6.67. The molecule has 0 bridgehead atoms. The molecule has 9 nitrogen and oxygen atoms in total. The average Bonchev–Trinajstić information content (AvgIpc) is 2.92. The minimum atomic E-state index is -3.68. The van der Waals surface area contributed by atoms with Crippen LogP contribution in [0.25, 0.3) is 0 Å². The highest BCUT2D eigenvalue weighted by molar-refractivity contribution is 7.89. The zero-order chi connectivity index (χ0) is 21.0. The first-order valence-corrected chi connectivity index (χ1v) is 10.8. The smallest absolute Gasteiger partial charge is 0.262 e. The molecule has 1 saturated heterocycles. The number of amides is 1. The van der Waals surface area contributed by atoms with Crippen molar-refractivity contribution in [3.05, 3.63) is 36.3 Å². The third kappa shape index (κ3) is 4.88. The zero-order valence-electron chi connectivity index (χ0n) is 16.9. The number of carbonyl (C=O) groups is 1. The van der Waals surface area contributed by atoms with Gasteiger partial charge in [-0.05, 0) is 25.5 Å². The van der Waals surface area contributed by atoms with Crippen LogP contribution in [0.5, 0.6) is 11.5 Å². The van der Waals surface area contributed by atoms with E-state index < -0.39 is 10.0 Å². The van der Waals surface area contributed by atoms with Gasteiger partial charge in [0.15, 0.2) is 11.6 Å². The molecule has 0 spiro atoms. The average molecular weight is 423 g/mol. The molecule has 0 atom stereocenters. The van der Waals surface area contributed by atoms with Crippen molar-refractivity contribution >= 4 is 15.9 Å². The van der Waals surface area contributed by atoms with Gasteiger partial charge in [0.25, 0.3) is 15.9 Å². The Balaban J connectivity index is 1.59. The fourth-order valence-corrected chi connectivity index (χ4v) is 4.59. The summed E-state index contributed by atoms with van der Waals surface area (Å²) in [6, 6.07) is 7.04. The van der Waals surface area contributed by atoms with Gasteiger partial charge >= 0.3 is 0 Å². The molecule has 1 amide bonds. The van der Waals surface area contributed by atoms with Crippen LogP contribution in [-0.4, -0.2) is 73.0 Å².